The van der Waals surface area contributed by atoms with E-state index in [-0.39, 0.29) is 6.42 Å². The van der Waals surface area contributed by atoms with Crippen LogP contribution in [0.2, 0.25) is 0 Å². The smallest absolute Gasteiger partial charge is 0.326 e. The van der Waals surface area contributed by atoms with E-state index in [1.807, 2.05) is 67.6 Å². The first-order valence-corrected chi connectivity index (χ1v) is 12.0. The van der Waals surface area contributed by atoms with Crippen LogP contribution < -0.4 is 10.1 Å². The maximum atomic E-state index is 12.2. The van der Waals surface area contributed by atoms with E-state index < -0.39 is 17.9 Å². The van der Waals surface area contributed by atoms with E-state index in [4.69, 9.17) is 9.15 Å². The lowest BCUT2D eigenvalue weighted by molar-refractivity contribution is -0.141. The summed E-state index contributed by atoms with van der Waals surface area (Å²) < 4.78 is 11.6. The fraction of sp³-hybridized carbons (Fsp3) is 0.167. The van der Waals surface area contributed by atoms with Crippen LogP contribution in [0.4, 0.5) is 0 Å². The van der Waals surface area contributed by atoms with Gasteiger partial charge in [-0.3, -0.25) is 4.79 Å². The standard InChI is InChI=1S/C30H28N2O5/c1-21-26(32-29(37-21)24-10-6-3-7-11-24)18-19-36-25-15-12-23(13-16-25)20-27(30(34)35)31-28(33)17-14-22-8-4-2-5-9-22/h2-17,27H,18-20H2,1H3,(H,31,33)(H,34,35)/b17-14+/t27-/m0/s1. The van der Waals surface area contributed by atoms with Gasteiger partial charge in [0.2, 0.25) is 11.8 Å². The molecule has 4 aromatic rings. The molecule has 37 heavy (non-hydrogen) atoms. The van der Waals surface area contributed by atoms with Crippen molar-refractivity contribution in [2.75, 3.05) is 6.61 Å². The van der Waals surface area contributed by atoms with E-state index >= 15 is 0 Å². The van der Waals surface area contributed by atoms with Crippen molar-refractivity contribution in [2.24, 2.45) is 0 Å². The Bertz CT molecular complexity index is 1350. The molecule has 0 saturated heterocycles. The van der Waals surface area contributed by atoms with Crippen LogP contribution in [0.3, 0.4) is 0 Å². The minimum absolute atomic E-state index is 0.154. The van der Waals surface area contributed by atoms with Gasteiger partial charge in [0.15, 0.2) is 0 Å². The zero-order valence-corrected chi connectivity index (χ0v) is 20.5. The van der Waals surface area contributed by atoms with E-state index in [1.54, 1.807) is 30.3 Å². The number of carboxylic acid groups (broad SMARTS) is 1. The third-order valence-electron chi connectivity index (χ3n) is 5.73. The Labute approximate surface area is 215 Å². The fourth-order valence-corrected chi connectivity index (χ4v) is 3.74. The molecule has 188 valence electrons. The van der Waals surface area contributed by atoms with Crippen LogP contribution in [0.25, 0.3) is 17.5 Å². The van der Waals surface area contributed by atoms with Gasteiger partial charge in [-0.05, 0) is 48.4 Å². The average Bonchev–Trinajstić information content (AvgIpc) is 3.29. The largest absolute Gasteiger partial charge is 0.493 e. The summed E-state index contributed by atoms with van der Waals surface area (Å²) >= 11 is 0. The second-order valence-electron chi connectivity index (χ2n) is 8.48. The van der Waals surface area contributed by atoms with Crippen LogP contribution in [-0.4, -0.2) is 34.6 Å². The number of ether oxygens (including phenoxy) is 1. The van der Waals surface area contributed by atoms with Crippen molar-refractivity contribution in [3.05, 3.63) is 114 Å². The third kappa shape index (κ3) is 7.41. The van der Waals surface area contributed by atoms with Gasteiger partial charge in [-0.25, -0.2) is 9.78 Å². The summed E-state index contributed by atoms with van der Waals surface area (Å²) in [5.41, 5.74) is 3.40. The monoisotopic (exact) mass is 496 g/mol. The van der Waals surface area contributed by atoms with E-state index in [9.17, 15) is 14.7 Å². The van der Waals surface area contributed by atoms with Crippen LogP contribution in [0.1, 0.15) is 22.6 Å². The SMILES string of the molecule is Cc1oc(-c2ccccc2)nc1CCOc1ccc(C[C@H](NC(=O)/C=C/c2ccccc2)C(=O)O)cc1. The number of aliphatic carboxylic acids is 1. The van der Waals surface area contributed by atoms with Gasteiger partial charge in [-0.15, -0.1) is 0 Å². The first-order valence-electron chi connectivity index (χ1n) is 12.0. The van der Waals surface area contributed by atoms with Gasteiger partial charge in [-0.1, -0.05) is 60.7 Å². The van der Waals surface area contributed by atoms with Gasteiger partial charge in [0.1, 0.15) is 17.6 Å². The number of carboxylic acids is 1. The van der Waals surface area contributed by atoms with Gasteiger partial charge in [0.25, 0.3) is 0 Å². The minimum atomic E-state index is -1.10. The van der Waals surface area contributed by atoms with E-state index in [1.165, 1.54) is 6.08 Å². The number of aryl methyl sites for hydroxylation is 1. The molecule has 1 atom stereocenters. The molecule has 1 heterocycles. The van der Waals surface area contributed by atoms with Crippen molar-refractivity contribution < 1.29 is 23.8 Å². The summed E-state index contributed by atoms with van der Waals surface area (Å²) in [7, 11) is 0. The van der Waals surface area contributed by atoms with Gasteiger partial charge >= 0.3 is 5.97 Å². The normalized spacial score (nSPS) is 11.8. The second-order valence-corrected chi connectivity index (χ2v) is 8.48. The molecule has 2 N–H and O–H groups in total. The summed E-state index contributed by atoms with van der Waals surface area (Å²) in [5.74, 6) is 0.454. The maximum absolute atomic E-state index is 12.2. The fourth-order valence-electron chi connectivity index (χ4n) is 3.74. The second kappa shape index (κ2) is 12.4. The number of nitrogens with zero attached hydrogens (tertiary/aromatic N) is 1. The number of aromatic nitrogens is 1. The Morgan fingerprint density at radius 2 is 1.68 bits per heavy atom. The molecule has 7 nitrogen and oxygen atoms in total. The number of carbonyl (C=O) groups excluding carboxylic acids is 1. The molecule has 0 bridgehead atoms. The van der Waals surface area contributed by atoms with Crippen LogP contribution in [-0.2, 0) is 22.4 Å². The molecule has 0 spiro atoms. The first-order chi connectivity index (χ1) is 18.0. The Morgan fingerprint density at radius 1 is 1.00 bits per heavy atom. The number of carbonyl (C=O) groups is 2. The predicted octanol–water partition coefficient (Wildman–Crippen LogP) is 5.10. The third-order valence-corrected chi connectivity index (χ3v) is 5.73. The molecular weight excluding hydrogens is 468 g/mol. The lowest BCUT2D eigenvalue weighted by atomic mass is 10.1. The quantitative estimate of drug-likeness (QED) is 0.280. The van der Waals surface area contributed by atoms with E-state index in [2.05, 4.69) is 10.3 Å². The highest BCUT2D eigenvalue weighted by Gasteiger charge is 2.19. The summed E-state index contributed by atoms with van der Waals surface area (Å²) in [6.45, 7) is 2.31. The molecule has 0 aliphatic heterocycles. The Kier molecular flexibility index (Phi) is 8.49. The number of hydrogen-bond donors (Lipinski definition) is 2. The summed E-state index contributed by atoms with van der Waals surface area (Å²) in [6.07, 6.45) is 3.72. The molecule has 0 radical (unpaired) electrons. The Balaban J connectivity index is 1.28. The molecule has 1 aromatic heterocycles. The molecule has 0 unspecified atom stereocenters. The van der Waals surface area contributed by atoms with Crippen LogP contribution in [0.15, 0.2) is 95.4 Å². The van der Waals surface area contributed by atoms with Gasteiger partial charge in [0, 0.05) is 24.5 Å². The molecule has 4 rings (SSSR count). The summed E-state index contributed by atoms with van der Waals surface area (Å²) in [6, 6.07) is 25.2. The number of oxazole rings is 1. The number of benzene rings is 3. The van der Waals surface area contributed by atoms with Gasteiger partial charge < -0.3 is 19.6 Å². The molecular formula is C30H28N2O5. The highest BCUT2D eigenvalue weighted by molar-refractivity contribution is 5.94. The summed E-state index contributed by atoms with van der Waals surface area (Å²) in [4.78, 5) is 28.5. The van der Waals surface area contributed by atoms with E-state index in [0.717, 1.165) is 28.1 Å². The van der Waals surface area contributed by atoms with Crippen LogP contribution >= 0.6 is 0 Å². The summed E-state index contributed by atoms with van der Waals surface area (Å²) in [5, 5.41) is 12.1. The molecule has 0 aliphatic rings. The molecule has 7 heteroatoms. The topological polar surface area (TPSA) is 102 Å². The highest BCUT2D eigenvalue weighted by atomic mass is 16.5. The maximum Gasteiger partial charge on any atom is 0.326 e. The number of amides is 1. The predicted molar refractivity (Wildman–Crippen MR) is 141 cm³/mol. The van der Waals surface area contributed by atoms with Crippen LogP contribution in [0.5, 0.6) is 5.75 Å². The first kappa shape index (κ1) is 25.4. The van der Waals surface area contributed by atoms with Crippen LogP contribution in [0, 0.1) is 6.92 Å². The molecule has 0 aliphatic carbocycles. The molecule has 3 aromatic carbocycles. The van der Waals surface area contributed by atoms with Crippen molar-refractivity contribution in [1.29, 1.82) is 0 Å². The number of nitrogens with one attached hydrogen (secondary N) is 1. The van der Waals surface area contributed by atoms with Crippen molar-refractivity contribution in [3.63, 3.8) is 0 Å². The Morgan fingerprint density at radius 3 is 2.35 bits per heavy atom. The molecule has 0 fully saturated rings. The van der Waals surface area contributed by atoms with Gasteiger partial charge in [-0.2, -0.15) is 0 Å². The van der Waals surface area contributed by atoms with Crippen molar-refractivity contribution in [3.8, 4) is 17.2 Å². The van der Waals surface area contributed by atoms with Crippen molar-refractivity contribution in [2.45, 2.75) is 25.8 Å². The van der Waals surface area contributed by atoms with Gasteiger partial charge in [0.05, 0.1) is 12.3 Å². The minimum Gasteiger partial charge on any atom is -0.493 e. The average molecular weight is 497 g/mol. The zero-order chi connectivity index (χ0) is 26.0. The zero-order valence-electron chi connectivity index (χ0n) is 20.5. The number of hydrogen-bond acceptors (Lipinski definition) is 5. The highest BCUT2D eigenvalue weighted by Crippen LogP contribution is 2.22. The Hall–Kier alpha value is -4.65. The molecule has 1 amide bonds. The van der Waals surface area contributed by atoms with Crippen molar-refractivity contribution >= 4 is 18.0 Å². The van der Waals surface area contributed by atoms with Crippen molar-refractivity contribution in [1.82, 2.24) is 10.3 Å². The molecule has 0 saturated carbocycles. The lowest BCUT2D eigenvalue weighted by Crippen LogP contribution is -2.41. The number of rotatable bonds is 11. The van der Waals surface area contributed by atoms with E-state index in [0.29, 0.717) is 24.7 Å². The lowest BCUT2D eigenvalue weighted by Gasteiger charge is -2.14.